The van der Waals surface area contributed by atoms with Gasteiger partial charge in [-0.05, 0) is 32.9 Å². The molecule has 1 aromatic rings. The Morgan fingerprint density at radius 1 is 1.45 bits per heavy atom. The van der Waals surface area contributed by atoms with Crippen LogP contribution in [0.1, 0.15) is 38.0 Å². The molecular weight excluding hydrogens is 254 g/mol. The molecule has 0 saturated carbocycles. The molecule has 5 nitrogen and oxygen atoms in total. The van der Waals surface area contributed by atoms with Crippen molar-refractivity contribution in [2.75, 3.05) is 18.5 Å². The SMILES string of the molecule is CC(C)NC(=O)CN(C)c1cc(C#N)ccc1C(C)O. The Hall–Kier alpha value is -2.06. The number of nitrogens with zero attached hydrogens (tertiary/aromatic N) is 2. The Bertz CT molecular complexity index is 518. The number of likely N-dealkylation sites (N-methyl/N-ethyl adjacent to an activating group) is 1. The summed E-state index contributed by atoms with van der Waals surface area (Å²) >= 11 is 0. The largest absolute Gasteiger partial charge is 0.389 e. The van der Waals surface area contributed by atoms with E-state index < -0.39 is 6.10 Å². The first kappa shape index (κ1) is 16.0. The molecule has 0 saturated heterocycles. The van der Waals surface area contributed by atoms with E-state index in [0.717, 1.165) is 0 Å². The molecule has 0 fully saturated rings. The summed E-state index contributed by atoms with van der Waals surface area (Å²) in [6.45, 7) is 5.63. The van der Waals surface area contributed by atoms with Crippen LogP contribution in [-0.2, 0) is 4.79 Å². The average molecular weight is 275 g/mol. The third-order valence-electron chi connectivity index (χ3n) is 2.85. The molecule has 0 aliphatic rings. The maximum absolute atomic E-state index is 11.8. The second-order valence-corrected chi connectivity index (χ2v) is 5.14. The zero-order valence-electron chi connectivity index (χ0n) is 12.3. The van der Waals surface area contributed by atoms with Gasteiger partial charge >= 0.3 is 0 Å². The van der Waals surface area contributed by atoms with Gasteiger partial charge < -0.3 is 15.3 Å². The smallest absolute Gasteiger partial charge is 0.239 e. The zero-order chi connectivity index (χ0) is 15.3. The van der Waals surface area contributed by atoms with Crippen molar-refractivity contribution < 1.29 is 9.90 Å². The summed E-state index contributed by atoms with van der Waals surface area (Å²) in [4.78, 5) is 13.5. The van der Waals surface area contributed by atoms with Crippen molar-refractivity contribution in [2.24, 2.45) is 0 Å². The molecule has 108 valence electrons. The van der Waals surface area contributed by atoms with E-state index in [4.69, 9.17) is 5.26 Å². The maximum Gasteiger partial charge on any atom is 0.239 e. The molecule has 0 aliphatic carbocycles. The summed E-state index contributed by atoms with van der Waals surface area (Å²) < 4.78 is 0. The highest BCUT2D eigenvalue weighted by atomic mass is 16.3. The maximum atomic E-state index is 11.8. The van der Waals surface area contributed by atoms with Crippen molar-refractivity contribution >= 4 is 11.6 Å². The minimum absolute atomic E-state index is 0.0811. The lowest BCUT2D eigenvalue weighted by molar-refractivity contribution is -0.120. The molecule has 1 atom stereocenters. The highest BCUT2D eigenvalue weighted by Crippen LogP contribution is 2.26. The number of carbonyl (C=O) groups excluding carboxylic acids is 1. The van der Waals surface area contributed by atoms with Gasteiger partial charge in [-0.3, -0.25) is 4.79 Å². The fourth-order valence-electron chi connectivity index (χ4n) is 1.97. The molecule has 5 heteroatoms. The number of nitriles is 1. The average Bonchev–Trinajstić information content (AvgIpc) is 2.36. The Labute approximate surface area is 119 Å². The molecule has 0 heterocycles. The number of amides is 1. The van der Waals surface area contributed by atoms with E-state index in [0.29, 0.717) is 16.8 Å². The first-order valence-electron chi connectivity index (χ1n) is 6.57. The van der Waals surface area contributed by atoms with Crippen LogP contribution in [0.3, 0.4) is 0 Å². The molecule has 0 bridgehead atoms. The first-order valence-corrected chi connectivity index (χ1v) is 6.57. The number of hydrogen-bond acceptors (Lipinski definition) is 4. The number of hydrogen-bond donors (Lipinski definition) is 2. The fraction of sp³-hybridized carbons (Fsp3) is 0.467. The first-order chi connectivity index (χ1) is 9.35. The van der Waals surface area contributed by atoms with Crippen molar-refractivity contribution in [1.82, 2.24) is 5.32 Å². The second-order valence-electron chi connectivity index (χ2n) is 5.14. The molecule has 1 aromatic carbocycles. The Kier molecular flexibility index (Phi) is 5.53. The molecule has 0 aromatic heterocycles. The second kappa shape index (κ2) is 6.92. The Morgan fingerprint density at radius 2 is 2.10 bits per heavy atom. The van der Waals surface area contributed by atoms with Gasteiger partial charge in [-0.15, -0.1) is 0 Å². The molecular formula is C15H21N3O2. The van der Waals surface area contributed by atoms with Crippen LogP contribution in [0.5, 0.6) is 0 Å². The third-order valence-corrected chi connectivity index (χ3v) is 2.85. The molecule has 0 spiro atoms. The van der Waals surface area contributed by atoms with E-state index in [1.165, 1.54) is 0 Å². The summed E-state index contributed by atoms with van der Waals surface area (Å²) in [6, 6.07) is 7.21. The summed E-state index contributed by atoms with van der Waals surface area (Å²) in [5, 5.41) is 21.6. The van der Waals surface area contributed by atoms with Crippen LogP contribution in [0.4, 0.5) is 5.69 Å². The van der Waals surface area contributed by atoms with Gasteiger partial charge in [0.15, 0.2) is 0 Å². The van der Waals surface area contributed by atoms with E-state index in [2.05, 4.69) is 11.4 Å². The van der Waals surface area contributed by atoms with Gasteiger partial charge in [-0.1, -0.05) is 6.07 Å². The van der Waals surface area contributed by atoms with Crippen molar-refractivity contribution in [3.63, 3.8) is 0 Å². The van der Waals surface area contributed by atoms with Gasteiger partial charge in [-0.2, -0.15) is 5.26 Å². The zero-order valence-corrected chi connectivity index (χ0v) is 12.3. The predicted octanol–water partition coefficient (Wildman–Crippen LogP) is 1.57. The van der Waals surface area contributed by atoms with Gasteiger partial charge in [0.1, 0.15) is 0 Å². The quantitative estimate of drug-likeness (QED) is 0.855. The molecule has 1 rings (SSSR count). The van der Waals surface area contributed by atoms with Crippen LogP contribution in [0, 0.1) is 11.3 Å². The van der Waals surface area contributed by atoms with E-state index in [-0.39, 0.29) is 18.5 Å². The minimum atomic E-state index is -0.659. The lowest BCUT2D eigenvalue weighted by Crippen LogP contribution is -2.38. The van der Waals surface area contributed by atoms with Gasteiger partial charge in [0.2, 0.25) is 5.91 Å². The van der Waals surface area contributed by atoms with E-state index in [1.807, 2.05) is 13.8 Å². The lowest BCUT2D eigenvalue weighted by atomic mass is 10.0. The summed E-state index contributed by atoms with van der Waals surface area (Å²) in [5.74, 6) is -0.0959. The molecule has 0 radical (unpaired) electrons. The Morgan fingerprint density at radius 3 is 2.60 bits per heavy atom. The topological polar surface area (TPSA) is 76.4 Å². The fourth-order valence-corrected chi connectivity index (χ4v) is 1.97. The number of carbonyl (C=O) groups is 1. The van der Waals surface area contributed by atoms with E-state index in [1.54, 1.807) is 37.1 Å². The van der Waals surface area contributed by atoms with Crippen LogP contribution in [0.2, 0.25) is 0 Å². The molecule has 0 aliphatic heterocycles. The standard InChI is InChI=1S/C15H21N3O2/c1-10(2)17-15(20)9-18(4)14-7-12(8-16)5-6-13(14)11(3)19/h5-7,10-11,19H,9H2,1-4H3,(H,17,20). The van der Waals surface area contributed by atoms with Gasteiger partial charge in [-0.25, -0.2) is 0 Å². The number of benzene rings is 1. The van der Waals surface area contributed by atoms with E-state index in [9.17, 15) is 9.90 Å². The molecule has 2 N–H and O–H groups in total. The monoisotopic (exact) mass is 275 g/mol. The highest BCUT2D eigenvalue weighted by molar-refractivity contribution is 5.82. The molecule has 1 amide bonds. The summed E-state index contributed by atoms with van der Waals surface area (Å²) in [6.07, 6.45) is -0.659. The normalized spacial score (nSPS) is 11.8. The summed E-state index contributed by atoms with van der Waals surface area (Å²) in [7, 11) is 1.77. The number of anilines is 1. The van der Waals surface area contributed by atoms with Gasteiger partial charge in [0.25, 0.3) is 0 Å². The summed E-state index contributed by atoms with van der Waals surface area (Å²) in [5.41, 5.74) is 1.89. The van der Waals surface area contributed by atoms with Gasteiger partial charge in [0, 0.05) is 24.3 Å². The third kappa shape index (κ3) is 4.25. The Balaban J connectivity index is 2.98. The van der Waals surface area contributed by atoms with Crippen LogP contribution < -0.4 is 10.2 Å². The van der Waals surface area contributed by atoms with Crippen molar-refractivity contribution in [2.45, 2.75) is 32.9 Å². The van der Waals surface area contributed by atoms with Crippen molar-refractivity contribution in [1.29, 1.82) is 5.26 Å². The predicted molar refractivity (Wildman–Crippen MR) is 78.3 cm³/mol. The number of aliphatic hydroxyl groups is 1. The van der Waals surface area contributed by atoms with Crippen LogP contribution in [-0.4, -0.2) is 30.6 Å². The number of rotatable bonds is 5. The van der Waals surface area contributed by atoms with Crippen LogP contribution in [0.25, 0.3) is 0 Å². The van der Waals surface area contributed by atoms with Crippen LogP contribution >= 0.6 is 0 Å². The molecule has 1 unspecified atom stereocenters. The van der Waals surface area contributed by atoms with E-state index >= 15 is 0 Å². The number of aliphatic hydroxyl groups excluding tert-OH is 1. The number of nitrogens with one attached hydrogen (secondary N) is 1. The highest BCUT2D eigenvalue weighted by Gasteiger charge is 2.15. The van der Waals surface area contributed by atoms with Gasteiger partial charge in [0.05, 0.1) is 24.3 Å². The van der Waals surface area contributed by atoms with Crippen molar-refractivity contribution in [3.05, 3.63) is 29.3 Å². The van der Waals surface area contributed by atoms with Crippen molar-refractivity contribution in [3.8, 4) is 6.07 Å². The van der Waals surface area contributed by atoms with Crippen LogP contribution in [0.15, 0.2) is 18.2 Å². The minimum Gasteiger partial charge on any atom is -0.389 e. The lowest BCUT2D eigenvalue weighted by Gasteiger charge is -2.24. The molecule has 20 heavy (non-hydrogen) atoms.